The number of carbonyl (C=O) groups excluding carboxylic acids is 1. The molecule has 1 aromatic carbocycles. The van der Waals surface area contributed by atoms with Crippen LogP contribution in [0.3, 0.4) is 0 Å². The number of hydrogen-bond acceptors (Lipinski definition) is 3. The number of carboxylic acid groups (broad SMARTS) is 1. The molecule has 0 radical (unpaired) electrons. The van der Waals surface area contributed by atoms with Crippen molar-refractivity contribution in [3.8, 4) is 5.69 Å². The van der Waals surface area contributed by atoms with E-state index in [9.17, 15) is 9.59 Å². The summed E-state index contributed by atoms with van der Waals surface area (Å²) in [7, 11) is 0. The molecule has 148 valence electrons. The fraction of sp³-hybridized carbons (Fsp3) is 0.500. The number of carbonyl (C=O) groups is 2. The van der Waals surface area contributed by atoms with Gasteiger partial charge in [-0.2, -0.15) is 5.10 Å². The molecule has 0 saturated heterocycles. The molecule has 1 aliphatic heterocycles. The van der Waals surface area contributed by atoms with Gasteiger partial charge in [0.05, 0.1) is 29.5 Å². The van der Waals surface area contributed by atoms with Crippen LogP contribution in [-0.2, 0) is 22.6 Å². The molecule has 6 nitrogen and oxygen atoms in total. The zero-order chi connectivity index (χ0) is 19.7. The first kappa shape index (κ1) is 18.7. The van der Waals surface area contributed by atoms with Crippen molar-refractivity contribution >= 4 is 11.9 Å². The number of benzene rings is 1. The van der Waals surface area contributed by atoms with Crippen LogP contribution in [0.25, 0.3) is 5.69 Å². The Kier molecular flexibility index (Phi) is 5.20. The second kappa shape index (κ2) is 7.78. The number of carboxylic acids is 1. The number of para-hydroxylation sites is 1. The van der Waals surface area contributed by atoms with E-state index in [1.165, 1.54) is 5.56 Å². The summed E-state index contributed by atoms with van der Waals surface area (Å²) in [5, 5.41) is 13.9. The first-order valence-corrected chi connectivity index (χ1v) is 10.2. The van der Waals surface area contributed by atoms with Gasteiger partial charge in [-0.25, -0.2) is 4.68 Å². The quantitative estimate of drug-likeness (QED) is 0.881. The number of nitrogens with zero attached hydrogens (tertiary/aromatic N) is 3. The Morgan fingerprint density at radius 2 is 1.86 bits per heavy atom. The standard InChI is InChI=1S/C22H27N3O3/c1-15-19-11-12-24(14-20(19)25(23-15)18-5-3-2-4-6-18)21(26)13-16-7-9-17(10-8-16)22(27)28/h2-6,16-17H,7-14H2,1H3,(H,27,28)/t16-,17-. The second-order valence-corrected chi connectivity index (χ2v) is 8.08. The van der Waals surface area contributed by atoms with E-state index in [0.717, 1.165) is 42.9 Å². The topological polar surface area (TPSA) is 75.4 Å². The third-order valence-electron chi connectivity index (χ3n) is 6.28. The lowest BCUT2D eigenvalue weighted by Gasteiger charge is -2.31. The summed E-state index contributed by atoms with van der Waals surface area (Å²) in [5.74, 6) is -0.432. The number of aryl methyl sites for hydroxylation is 1. The molecule has 4 rings (SSSR count). The first-order valence-electron chi connectivity index (χ1n) is 10.2. The number of rotatable bonds is 4. The SMILES string of the molecule is Cc1nn(-c2ccccc2)c2c1CCN(C(=O)C[C@H]1CC[C@H](C(=O)O)CC1)C2. The van der Waals surface area contributed by atoms with Gasteiger partial charge in [-0.15, -0.1) is 0 Å². The van der Waals surface area contributed by atoms with Crippen molar-refractivity contribution < 1.29 is 14.7 Å². The van der Waals surface area contributed by atoms with Gasteiger partial charge >= 0.3 is 5.97 Å². The van der Waals surface area contributed by atoms with E-state index in [1.54, 1.807) is 0 Å². The second-order valence-electron chi connectivity index (χ2n) is 8.08. The summed E-state index contributed by atoms with van der Waals surface area (Å²) < 4.78 is 1.97. The average molecular weight is 381 g/mol. The maximum atomic E-state index is 12.9. The maximum absolute atomic E-state index is 12.9. The number of aliphatic carboxylic acids is 1. The molecule has 2 heterocycles. The summed E-state index contributed by atoms with van der Waals surface area (Å²) in [4.78, 5) is 26.0. The third-order valence-corrected chi connectivity index (χ3v) is 6.28. The minimum atomic E-state index is -0.696. The van der Waals surface area contributed by atoms with Gasteiger partial charge in [0.25, 0.3) is 0 Å². The van der Waals surface area contributed by atoms with Crippen LogP contribution in [0.2, 0.25) is 0 Å². The van der Waals surface area contributed by atoms with E-state index >= 15 is 0 Å². The van der Waals surface area contributed by atoms with E-state index in [2.05, 4.69) is 0 Å². The Morgan fingerprint density at radius 3 is 2.54 bits per heavy atom. The number of amides is 1. The fourth-order valence-electron chi connectivity index (χ4n) is 4.59. The van der Waals surface area contributed by atoms with Crippen molar-refractivity contribution in [2.45, 2.75) is 52.0 Å². The predicted molar refractivity (Wildman–Crippen MR) is 105 cm³/mol. The lowest BCUT2D eigenvalue weighted by atomic mass is 9.80. The zero-order valence-electron chi connectivity index (χ0n) is 16.3. The molecule has 0 bridgehead atoms. The van der Waals surface area contributed by atoms with Crippen LogP contribution in [0.4, 0.5) is 0 Å². The van der Waals surface area contributed by atoms with E-state index in [1.807, 2.05) is 46.8 Å². The van der Waals surface area contributed by atoms with Crippen LogP contribution >= 0.6 is 0 Å². The maximum Gasteiger partial charge on any atom is 0.306 e. The molecule has 1 aromatic heterocycles. The Hall–Kier alpha value is -2.63. The molecule has 6 heteroatoms. The van der Waals surface area contributed by atoms with Crippen molar-refractivity contribution in [3.05, 3.63) is 47.3 Å². The van der Waals surface area contributed by atoms with Crippen LogP contribution in [0.15, 0.2) is 30.3 Å². The van der Waals surface area contributed by atoms with Crippen molar-refractivity contribution in [2.75, 3.05) is 6.54 Å². The molecule has 1 saturated carbocycles. The summed E-state index contributed by atoms with van der Waals surface area (Å²) in [6.45, 7) is 3.36. The van der Waals surface area contributed by atoms with Gasteiger partial charge in [0.1, 0.15) is 0 Å². The van der Waals surface area contributed by atoms with Gasteiger partial charge < -0.3 is 10.0 Å². The van der Waals surface area contributed by atoms with Gasteiger partial charge in [0, 0.05) is 18.5 Å². The number of aromatic nitrogens is 2. The highest BCUT2D eigenvalue weighted by Gasteiger charge is 2.31. The average Bonchev–Trinajstić information content (AvgIpc) is 3.05. The zero-order valence-corrected chi connectivity index (χ0v) is 16.3. The Labute approximate surface area is 165 Å². The lowest BCUT2D eigenvalue weighted by Crippen LogP contribution is -2.38. The minimum Gasteiger partial charge on any atom is -0.481 e. The number of hydrogen-bond donors (Lipinski definition) is 1. The summed E-state index contributed by atoms with van der Waals surface area (Å²) >= 11 is 0. The van der Waals surface area contributed by atoms with Gasteiger partial charge in [-0.05, 0) is 57.1 Å². The highest BCUT2D eigenvalue weighted by atomic mass is 16.4. The third kappa shape index (κ3) is 3.68. The van der Waals surface area contributed by atoms with Crippen molar-refractivity contribution in [1.29, 1.82) is 0 Å². The predicted octanol–water partition coefficient (Wildman–Crippen LogP) is 3.35. The molecule has 2 aromatic rings. The molecule has 0 unspecified atom stereocenters. The molecular formula is C22H27N3O3. The molecule has 1 N–H and O–H groups in total. The highest BCUT2D eigenvalue weighted by molar-refractivity contribution is 5.77. The van der Waals surface area contributed by atoms with E-state index in [4.69, 9.17) is 10.2 Å². The molecule has 0 spiro atoms. The normalized spacial score (nSPS) is 22.0. The van der Waals surface area contributed by atoms with E-state index in [-0.39, 0.29) is 11.8 Å². The fourth-order valence-corrected chi connectivity index (χ4v) is 4.59. The molecule has 1 aliphatic carbocycles. The lowest BCUT2D eigenvalue weighted by molar-refractivity contribution is -0.143. The van der Waals surface area contributed by atoms with Crippen LogP contribution in [0.1, 0.15) is 49.1 Å². The van der Waals surface area contributed by atoms with Gasteiger partial charge in [0.2, 0.25) is 5.91 Å². The molecule has 0 atom stereocenters. The first-order chi connectivity index (χ1) is 13.5. The van der Waals surface area contributed by atoms with E-state index < -0.39 is 5.97 Å². The van der Waals surface area contributed by atoms with Crippen molar-refractivity contribution in [3.63, 3.8) is 0 Å². The Morgan fingerprint density at radius 1 is 1.14 bits per heavy atom. The molecule has 1 amide bonds. The smallest absolute Gasteiger partial charge is 0.306 e. The Bertz CT molecular complexity index is 867. The molecule has 28 heavy (non-hydrogen) atoms. The van der Waals surface area contributed by atoms with Crippen LogP contribution in [0, 0.1) is 18.8 Å². The van der Waals surface area contributed by atoms with Crippen LogP contribution in [0.5, 0.6) is 0 Å². The molecule has 1 fully saturated rings. The van der Waals surface area contributed by atoms with Crippen LogP contribution < -0.4 is 0 Å². The Balaban J connectivity index is 1.44. The van der Waals surface area contributed by atoms with E-state index in [0.29, 0.717) is 31.7 Å². The van der Waals surface area contributed by atoms with Gasteiger partial charge in [0.15, 0.2) is 0 Å². The largest absolute Gasteiger partial charge is 0.481 e. The number of fused-ring (bicyclic) bond motifs is 1. The van der Waals surface area contributed by atoms with Gasteiger partial charge in [-0.1, -0.05) is 18.2 Å². The highest BCUT2D eigenvalue weighted by Crippen LogP contribution is 2.32. The van der Waals surface area contributed by atoms with Gasteiger partial charge in [-0.3, -0.25) is 9.59 Å². The monoisotopic (exact) mass is 381 g/mol. The summed E-state index contributed by atoms with van der Waals surface area (Å²) in [5.41, 5.74) is 4.43. The summed E-state index contributed by atoms with van der Waals surface area (Å²) in [6.07, 6.45) is 4.42. The molecular weight excluding hydrogens is 354 g/mol. The minimum absolute atomic E-state index is 0.183. The summed E-state index contributed by atoms with van der Waals surface area (Å²) in [6, 6.07) is 10.1. The molecule has 2 aliphatic rings. The van der Waals surface area contributed by atoms with Crippen molar-refractivity contribution in [2.24, 2.45) is 11.8 Å². The van der Waals surface area contributed by atoms with Crippen molar-refractivity contribution in [1.82, 2.24) is 14.7 Å². The van der Waals surface area contributed by atoms with Crippen LogP contribution in [-0.4, -0.2) is 38.2 Å².